The Morgan fingerprint density at radius 3 is 2.87 bits per heavy atom. The van der Waals surface area contributed by atoms with Crippen LogP contribution in [-0.2, 0) is 17.6 Å². The van der Waals surface area contributed by atoms with E-state index in [1.54, 1.807) is 36.6 Å². The molecule has 10 heteroatoms. The van der Waals surface area contributed by atoms with Gasteiger partial charge in [0.05, 0.1) is 23.9 Å². The average molecular weight is 459 g/mol. The predicted molar refractivity (Wildman–Crippen MR) is 122 cm³/mol. The fourth-order valence-electron chi connectivity index (χ4n) is 3.62. The van der Waals surface area contributed by atoms with E-state index in [0.29, 0.717) is 26.8 Å². The Balaban J connectivity index is 1.82. The van der Waals surface area contributed by atoms with Crippen LogP contribution in [0.1, 0.15) is 23.3 Å². The Kier molecular flexibility index (Phi) is 6.28. The van der Waals surface area contributed by atoms with Crippen LogP contribution in [0.25, 0.3) is 15.9 Å². The van der Waals surface area contributed by atoms with E-state index in [1.807, 2.05) is 6.07 Å². The van der Waals surface area contributed by atoms with Crippen LogP contribution >= 0.6 is 23.1 Å². The van der Waals surface area contributed by atoms with Crippen molar-refractivity contribution in [1.29, 1.82) is 0 Å². The molecule has 0 bridgehead atoms. The number of nitrogens with zero attached hydrogens (tertiary/aromatic N) is 2. The molecule has 0 spiro atoms. The Morgan fingerprint density at radius 1 is 1.29 bits per heavy atom. The van der Waals surface area contributed by atoms with Gasteiger partial charge in [0, 0.05) is 18.0 Å². The van der Waals surface area contributed by atoms with Crippen molar-refractivity contribution in [3.8, 4) is 11.4 Å². The summed E-state index contributed by atoms with van der Waals surface area (Å²) < 4.78 is 6.86. The van der Waals surface area contributed by atoms with Crippen molar-refractivity contribution in [1.82, 2.24) is 20.2 Å². The third kappa shape index (κ3) is 4.31. The Hall–Kier alpha value is -2.85. The number of amides is 3. The van der Waals surface area contributed by atoms with Crippen molar-refractivity contribution >= 4 is 45.3 Å². The molecule has 1 aromatic carbocycles. The molecule has 2 aromatic heterocycles. The molecule has 0 saturated carbocycles. The summed E-state index contributed by atoms with van der Waals surface area (Å²) in [6, 6.07) is 6.61. The normalized spacial score (nSPS) is 13.0. The third-order valence-corrected chi connectivity index (χ3v) is 7.21. The number of hydrogen-bond acceptors (Lipinski definition) is 7. The largest absolute Gasteiger partial charge is 0.497 e. The number of hydrogen-bond donors (Lipinski definition) is 2. The molecule has 31 heavy (non-hydrogen) atoms. The van der Waals surface area contributed by atoms with E-state index in [0.717, 1.165) is 43.0 Å². The molecule has 0 unspecified atom stereocenters. The van der Waals surface area contributed by atoms with Crippen LogP contribution in [0.2, 0.25) is 0 Å². The molecular formula is C21H22N4O4S2. The topological polar surface area (TPSA) is 102 Å². The number of urea groups is 1. The SMILES string of the molecule is CNC(=O)NC(=O)CSc1nc2sc3c(c2c(=O)n1-c1cccc(OC)c1)CCCC3. The van der Waals surface area contributed by atoms with E-state index < -0.39 is 11.9 Å². The van der Waals surface area contributed by atoms with E-state index in [9.17, 15) is 14.4 Å². The Labute approximate surface area is 187 Å². The molecular weight excluding hydrogens is 436 g/mol. The van der Waals surface area contributed by atoms with Crippen molar-refractivity contribution in [3.63, 3.8) is 0 Å². The van der Waals surface area contributed by atoms with Crippen LogP contribution in [0.4, 0.5) is 4.79 Å². The first kappa shape index (κ1) is 21.4. The minimum Gasteiger partial charge on any atom is -0.497 e. The molecule has 162 valence electrons. The molecule has 0 aliphatic heterocycles. The number of imide groups is 1. The third-order valence-electron chi connectivity index (χ3n) is 5.08. The minimum absolute atomic E-state index is 0.0551. The van der Waals surface area contributed by atoms with Gasteiger partial charge in [-0.05, 0) is 43.4 Å². The van der Waals surface area contributed by atoms with Gasteiger partial charge < -0.3 is 10.1 Å². The number of ether oxygens (including phenoxy) is 1. The van der Waals surface area contributed by atoms with E-state index in [-0.39, 0.29) is 11.3 Å². The molecule has 4 rings (SSSR count). The van der Waals surface area contributed by atoms with Gasteiger partial charge >= 0.3 is 6.03 Å². The lowest BCUT2D eigenvalue weighted by Crippen LogP contribution is -2.38. The molecule has 3 aromatic rings. The molecule has 0 fully saturated rings. The number of benzene rings is 1. The van der Waals surface area contributed by atoms with Crippen molar-refractivity contribution < 1.29 is 14.3 Å². The molecule has 2 N–H and O–H groups in total. The summed E-state index contributed by atoms with van der Waals surface area (Å²) >= 11 is 2.68. The fraction of sp³-hybridized carbons (Fsp3) is 0.333. The number of thiophene rings is 1. The summed E-state index contributed by atoms with van der Waals surface area (Å²) in [7, 11) is 3.00. The molecule has 1 aliphatic carbocycles. The van der Waals surface area contributed by atoms with Crippen LogP contribution in [0.3, 0.4) is 0 Å². The number of rotatable bonds is 5. The highest BCUT2D eigenvalue weighted by Crippen LogP contribution is 2.35. The number of methoxy groups -OCH3 is 1. The van der Waals surface area contributed by atoms with Gasteiger partial charge in [0.15, 0.2) is 5.16 Å². The zero-order valence-electron chi connectivity index (χ0n) is 17.2. The number of aromatic nitrogens is 2. The van der Waals surface area contributed by atoms with Crippen LogP contribution in [0.15, 0.2) is 34.2 Å². The summed E-state index contributed by atoms with van der Waals surface area (Å²) in [5, 5.41) is 5.64. The minimum atomic E-state index is -0.579. The highest BCUT2D eigenvalue weighted by molar-refractivity contribution is 7.99. The van der Waals surface area contributed by atoms with Crippen molar-refractivity contribution in [2.75, 3.05) is 19.9 Å². The number of carbonyl (C=O) groups excluding carboxylic acids is 2. The predicted octanol–water partition coefficient (Wildman–Crippen LogP) is 2.88. The maximum Gasteiger partial charge on any atom is 0.321 e. The van der Waals surface area contributed by atoms with Crippen molar-refractivity contribution in [3.05, 3.63) is 45.1 Å². The second kappa shape index (κ2) is 9.11. The number of fused-ring (bicyclic) bond motifs is 3. The van der Waals surface area contributed by atoms with Gasteiger partial charge in [0.1, 0.15) is 10.6 Å². The van der Waals surface area contributed by atoms with Gasteiger partial charge in [0.2, 0.25) is 5.91 Å². The number of nitrogens with one attached hydrogen (secondary N) is 2. The lowest BCUT2D eigenvalue weighted by atomic mass is 9.97. The standard InChI is InChI=1S/C21H22N4O4S2/c1-22-20(28)23-16(26)11-30-21-24-18-17(14-8-3-4-9-15(14)31-18)19(27)25(21)12-6-5-7-13(10-12)29-2/h5-7,10H,3-4,8-9,11H2,1-2H3,(H2,22,23,26,28). The summed E-state index contributed by atoms with van der Waals surface area (Å²) in [6.07, 6.45) is 4.02. The highest BCUT2D eigenvalue weighted by Gasteiger charge is 2.23. The first-order chi connectivity index (χ1) is 15.0. The van der Waals surface area contributed by atoms with Gasteiger partial charge in [0.25, 0.3) is 5.56 Å². The van der Waals surface area contributed by atoms with Gasteiger partial charge in [-0.15, -0.1) is 11.3 Å². The first-order valence-electron chi connectivity index (χ1n) is 9.88. The monoisotopic (exact) mass is 458 g/mol. The summed E-state index contributed by atoms with van der Waals surface area (Å²) in [6.45, 7) is 0. The average Bonchev–Trinajstić information content (AvgIpc) is 3.16. The molecule has 0 radical (unpaired) electrons. The van der Waals surface area contributed by atoms with Crippen LogP contribution < -0.4 is 20.9 Å². The zero-order valence-corrected chi connectivity index (χ0v) is 18.8. The van der Waals surface area contributed by atoms with E-state index >= 15 is 0 Å². The Morgan fingerprint density at radius 2 is 2.10 bits per heavy atom. The molecule has 0 saturated heterocycles. The van der Waals surface area contributed by atoms with E-state index in [2.05, 4.69) is 10.6 Å². The van der Waals surface area contributed by atoms with E-state index in [1.165, 1.54) is 16.5 Å². The van der Waals surface area contributed by atoms with Crippen molar-refractivity contribution in [2.45, 2.75) is 30.8 Å². The molecule has 3 amide bonds. The maximum atomic E-state index is 13.7. The smallest absolute Gasteiger partial charge is 0.321 e. The summed E-state index contributed by atoms with van der Waals surface area (Å²) in [5.74, 6) is 0.0898. The Bertz CT molecular complexity index is 1220. The second-order valence-corrected chi connectivity index (χ2v) is 9.07. The van der Waals surface area contributed by atoms with Crippen LogP contribution in [-0.4, -0.2) is 41.4 Å². The van der Waals surface area contributed by atoms with Crippen molar-refractivity contribution in [2.24, 2.45) is 0 Å². The van der Waals surface area contributed by atoms with Gasteiger partial charge in [-0.2, -0.15) is 0 Å². The first-order valence-corrected chi connectivity index (χ1v) is 11.7. The van der Waals surface area contributed by atoms with Crippen LogP contribution in [0, 0.1) is 0 Å². The highest BCUT2D eigenvalue weighted by atomic mass is 32.2. The van der Waals surface area contributed by atoms with Gasteiger partial charge in [-0.1, -0.05) is 17.8 Å². The summed E-state index contributed by atoms with van der Waals surface area (Å²) in [5.41, 5.74) is 1.57. The quantitative estimate of drug-likeness (QED) is 0.450. The second-order valence-electron chi connectivity index (χ2n) is 7.04. The number of carbonyl (C=O) groups is 2. The molecule has 1 aliphatic rings. The zero-order chi connectivity index (χ0) is 22.0. The molecule has 2 heterocycles. The van der Waals surface area contributed by atoms with E-state index in [4.69, 9.17) is 9.72 Å². The number of thioether (sulfide) groups is 1. The number of aryl methyl sites for hydroxylation is 2. The summed E-state index contributed by atoms with van der Waals surface area (Å²) in [4.78, 5) is 43.9. The molecule has 0 atom stereocenters. The van der Waals surface area contributed by atoms with Gasteiger partial charge in [-0.25, -0.2) is 9.78 Å². The fourth-order valence-corrected chi connectivity index (χ4v) is 5.73. The maximum absolute atomic E-state index is 13.7. The lowest BCUT2D eigenvalue weighted by Gasteiger charge is -2.14. The lowest BCUT2D eigenvalue weighted by molar-refractivity contribution is -0.117. The molecule has 8 nitrogen and oxygen atoms in total. The van der Waals surface area contributed by atoms with Gasteiger partial charge in [-0.3, -0.25) is 19.5 Å². The van der Waals surface area contributed by atoms with Crippen LogP contribution in [0.5, 0.6) is 5.75 Å².